The van der Waals surface area contributed by atoms with Crippen LogP contribution in [0.4, 0.5) is 5.69 Å². The van der Waals surface area contributed by atoms with E-state index in [1.54, 1.807) is 43.5 Å². The Hall–Kier alpha value is -1.76. The van der Waals surface area contributed by atoms with Crippen molar-refractivity contribution in [2.75, 3.05) is 37.6 Å². The van der Waals surface area contributed by atoms with E-state index in [2.05, 4.69) is 5.32 Å². The van der Waals surface area contributed by atoms with Crippen molar-refractivity contribution in [2.45, 2.75) is 0 Å². The van der Waals surface area contributed by atoms with E-state index in [-0.39, 0.29) is 11.7 Å². The zero-order chi connectivity index (χ0) is 18.9. The fourth-order valence-corrected chi connectivity index (χ4v) is 3.19. The van der Waals surface area contributed by atoms with E-state index >= 15 is 0 Å². The fraction of sp³-hybridized carbons (Fsp3) is 0.278. The molecule has 1 N–H and O–H groups in total. The van der Waals surface area contributed by atoms with Crippen LogP contribution >= 0.6 is 35.0 Å². The molecule has 26 heavy (non-hydrogen) atoms. The average molecular weight is 416 g/mol. The van der Waals surface area contributed by atoms with Crippen LogP contribution in [0.15, 0.2) is 36.4 Å². The summed E-state index contributed by atoms with van der Waals surface area (Å²) in [6, 6.07) is 10.4. The molecule has 0 heterocycles. The van der Waals surface area contributed by atoms with E-state index in [9.17, 15) is 4.79 Å². The van der Waals surface area contributed by atoms with Crippen LogP contribution in [0.1, 0.15) is 0 Å². The summed E-state index contributed by atoms with van der Waals surface area (Å²) in [5.41, 5.74) is 0.595. The van der Waals surface area contributed by atoms with Crippen LogP contribution < -0.4 is 19.5 Å². The molecule has 0 aliphatic heterocycles. The Morgan fingerprint density at radius 2 is 1.85 bits per heavy atom. The lowest BCUT2D eigenvalue weighted by Crippen LogP contribution is -2.15. The highest BCUT2D eigenvalue weighted by Crippen LogP contribution is 2.32. The molecular weight excluding hydrogens is 397 g/mol. The predicted molar refractivity (Wildman–Crippen MR) is 107 cm³/mol. The van der Waals surface area contributed by atoms with Crippen molar-refractivity contribution in [3.8, 4) is 17.2 Å². The Morgan fingerprint density at radius 3 is 2.50 bits per heavy atom. The van der Waals surface area contributed by atoms with Crippen LogP contribution in [0.25, 0.3) is 0 Å². The molecule has 0 aromatic heterocycles. The summed E-state index contributed by atoms with van der Waals surface area (Å²) in [5, 5.41) is 3.75. The lowest BCUT2D eigenvalue weighted by Gasteiger charge is -2.12. The Morgan fingerprint density at radius 1 is 1.12 bits per heavy atom. The van der Waals surface area contributed by atoms with Crippen molar-refractivity contribution >= 4 is 46.6 Å². The molecule has 2 rings (SSSR count). The number of para-hydroxylation sites is 1. The molecule has 140 valence electrons. The monoisotopic (exact) mass is 415 g/mol. The predicted octanol–water partition coefficient (Wildman–Crippen LogP) is 4.76. The van der Waals surface area contributed by atoms with Gasteiger partial charge in [-0.15, -0.1) is 11.8 Å². The molecule has 0 radical (unpaired) electrons. The third-order valence-electron chi connectivity index (χ3n) is 3.31. The minimum Gasteiger partial charge on any atom is -0.497 e. The van der Waals surface area contributed by atoms with E-state index in [0.717, 1.165) is 0 Å². The first-order chi connectivity index (χ1) is 12.5. The SMILES string of the molecule is COc1ccc(NC(=O)CSCCOc2c(Cl)cccc2Cl)c(OC)c1. The van der Waals surface area contributed by atoms with E-state index < -0.39 is 0 Å². The van der Waals surface area contributed by atoms with Gasteiger partial charge in [0.1, 0.15) is 11.5 Å². The van der Waals surface area contributed by atoms with E-state index in [1.807, 2.05) is 0 Å². The third-order valence-corrected chi connectivity index (χ3v) is 4.83. The Kier molecular flexibility index (Phi) is 8.22. The van der Waals surface area contributed by atoms with Gasteiger partial charge in [0.05, 0.1) is 42.3 Å². The zero-order valence-electron chi connectivity index (χ0n) is 14.4. The third kappa shape index (κ3) is 5.90. The number of anilines is 1. The van der Waals surface area contributed by atoms with Crippen molar-refractivity contribution in [3.63, 3.8) is 0 Å². The van der Waals surface area contributed by atoms with Crippen LogP contribution in [0, 0.1) is 0 Å². The van der Waals surface area contributed by atoms with Crippen molar-refractivity contribution in [1.29, 1.82) is 0 Å². The average Bonchev–Trinajstić information content (AvgIpc) is 2.63. The number of amides is 1. The number of rotatable bonds is 9. The van der Waals surface area contributed by atoms with Crippen LogP contribution in [0.2, 0.25) is 10.0 Å². The van der Waals surface area contributed by atoms with Gasteiger partial charge in [-0.25, -0.2) is 0 Å². The van der Waals surface area contributed by atoms with Gasteiger partial charge < -0.3 is 19.5 Å². The number of carbonyl (C=O) groups excluding carboxylic acids is 1. The summed E-state index contributed by atoms with van der Waals surface area (Å²) >= 11 is 13.5. The molecule has 0 bridgehead atoms. The summed E-state index contributed by atoms with van der Waals surface area (Å²) < 4.78 is 16.0. The highest BCUT2D eigenvalue weighted by Gasteiger charge is 2.10. The highest BCUT2D eigenvalue weighted by molar-refractivity contribution is 7.99. The molecule has 2 aromatic rings. The number of nitrogens with one attached hydrogen (secondary N) is 1. The fourth-order valence-electron chi connectivity index (χ4n) is 2.08. The van der Waals surface area contributed by atoms with Crippen LogP contribution in [0.5, 0.6) is 17.2 Å². The van der Waals surface area contributed by atoms with E-state index in [1.165, 1.54) is 18.9 Å². The maximum Gasteiger partial charge on any atom is 0.234 e. The Balaban J connectivity index is 1.76. The van der Waals surface area contributed by atoms with Gasteiger partial charge in [-0.3, -0.25) is 4.79 Å². The number of thioether (sulfide) groups is 1. The summed E-state index contributed by atoms with van der Waals surface area (Å²) in [5.74, 6) is 2.44. The highest BCUT2D eigenvalue weighted by atomic mass is 35.5. The topological polar surface area (TPSA) is 56.8 Å². The van der Waals surface area contributed by atoms with E-state index in [4.69, 9.17) is 37.4 Å². The second-order valence-electron chi connectivity index (χ2n) is 5.07. The van der Waals surface area contributed by atoms with Crippen LogP contribution in [0.3, 0.4) is 0 Å². The minimum atomic E-state index is -0.130. The summed E-state index contributed by atoms with van der Waals surface area (Å²) in [4.78, 5) is 12.1. The van der Waals surface area contributed by atoms with Crippen molar-refractivity contribution in [3.05, 3.63) is 46.4 Å². The molecule has 2 aromatic carbocycles. The normalized spacial score (nSPS) is 10.3. The van der Waals surface area contributed by atoms with Gasteiger partial charge in [-0.2, -0.15) is 0 Å². The molecule has 0 saturated carbocycles. The second-order valence-corrected chi connectivity index (χ2v) is 6.99. The molecule has 8 heteroatoms. The largest absolute Gasteiger partial charge is 0.497 e. The van der Waals surface area contributed by atoms with Gasteiger partial charge in [-0.05, 0) is 24.3 Å². The summed E-state index contributed by atoms with van der Waals surface area (Å²) in [7, 11) is 3.11. The van der Waals surface area contributed by atoms with Crippen molar-refractivity contribution in [2.24, 2.45) is 0 Å². The van der Waals surface area contributed by atoms with Crippen molar-refractivity contribution in [1.82, 2.24) is 0 Å². The van der Waals surface area contributed by atoms with Gasteiger partial charge in [0.2, 0.25) is 5.91 Å². The molecule has 5 nitrogen and oxygen atoms in total. The smallest absolute Gasteiger partial charge is 0.234 e. The molecule has 1 amide bonds. The zero-order valence-corrected chi connectivity index (χ0v) is 16.7. The maximum absolute atomic E-state index is 12.1. The molecule has 0 spiro atoms. The lowest BCUT2D eigenvalue weighted by atomic mass is 10.2. The molecule has 0 unspecified atom stereocenters. The molecular formula is C18H19Cl2NO4S. The molecule has 0 aliphatic carbocycles. The number of halogens is 2. The van der Waals surface area contributed by atoms with Gasteiger partial charge in [0, 0.05) is 11.8 Å². The van der Waals surface area contributed by atoms with Gasteiger partial charge in [0.15, 0.2) is 5.75 Å². The molecule has 0 aliphatic rings. The number of ether oxygens (including phenoxy) is 3. The second kappa shape index (κ2) is 10.4. The quantitative estimate of drug-likeness (QED) is 0.598. The Labute approximate surface area is 166 Å². The standard InChI is InChI=1S/C18H19Cl2NO4S/c1-23-12-6-7-15(16(10-12)24-2)21-17(22)11-26-9-8-25-18-13(19)4-3-5-14(18)20/h3-7,10H,8-9,11H2,1-2H3,(H,21,22). The lowest BCUT2D eigenvalue weighted by molar-refractivity contribution is -0.113. The van der Waals surface area contributed by atoms with Gasteiger partial charge >= 0.3 is 0 Å². The first-order valence-electron chi connectivity index (χ1n) is 7.71. The van der Waals surface area contributed by atoms with Gasteiger partial charge in [0.25, 0.3) is 0 Å². The molecule has 0 fully saturated rings. The molecule has 0 saturated heterocycles. The van der Waals surface area contributed by atoms with Crippen molar-refractivity contribution < 1.29 is 19.0 Å². The first kappa shape index (κ1) is 20.6. The number of hydrogen-bond donors (Lipinski definition) is 1. The minimum absolute atomic E-state index is 0.130. The Bertz CT molecular complexity index is 738. The number of hydrogen-bond acceptors (Lipinski definition) is 5. The summed E-state index contributed by atoms with van der Waals surface area (Å²) in [6.07, 6.45) is 0. The molecule has 0 atom stereocenters. The number of benzene rings is 2. The summed E-state index contributed by atoms with van der Waals surface area (Å²) in [6.45, 7) is 0.396. The van der Waals surface area contributed by atoms with Crippen LogP contribution in [-0.4, -0.2) is 38.2 Å². The number of carbonyl (C=O) groups is 1. The van der Waals surface area contributed by atoms with Crippen LogP contribution in [-0.2, 0) is 4.79 Å². The van der Waals surface area contributed by atoms with E-state index in [0.29, 0.717) is 45.3 Å². The maximum atomic E-state index is 12.1. The number of methoxy groups -OCH3 is 2. The van der Waals surface area contributed by atoms with Gasteiger partial charge in [-0.1, -0.05) is 29.3 Å². The first-order valence-corrected chi connectivity index (χ1v) is 9.62.